The Morgan fingerprint density at radius 3 is 2.26 bits per heavy atom. The first-order chi connectivity index (χ1) is 16.7. The topological polar surface area (TPSA) is 123 Å². The minimum Gasteiger partial charge on any atom is -0.477 e. The summed E-state index contributed by atoms with van der Waals surface area (Å²) in [5.74, 6) is -1.59. The molecule has 2 amide bonds. The Morgan fingerprint density at radius 2 is 1.69 bits per heavy atom. The highest BCUT2D eigenvalue weighted by atomic mass is 16.5. The van der Waals surface area contributed by atoms with Gasteiger partial charge in [-0.15, -0.1) is 0 Å². The third kappa shape index (κ3) is 4.62. The van der Waals surface area contributed by atoms with E-state index < -0.39 is 23.4 Å². The monoisotopic (exact) mass is 476 g/mol. The highest BCUT2D eigenvalue weighted by Gasteiger charge is 2.34. The minimum absolute atomic E-state index is 0.0201. The first-order valence-electron chi connectivity index (χ1n) is 11.4. The van der Waals surface area contributed by atoms with Crippen molar-refractivity contribution in [2.24, 2.45) is 12.5 Å². The molecule has 1 heterocycles. The quantitative estimate of drug-likeness (QED) is 0.451. The fraction of sp³-hybridized carbons (Fsp3) is 0.308. The molecular formula is C26H28N4O5. The molecule has 9 heteroatoms. The van der Waals surface area contributed by atoms with E-state index in [0.29, 0.717) is 6.42 Å². The predicted octanol–water partition coefficient (Wildman–Crippen LogP) is 4.01. The first kappa shape index (κ1) is 24.0. The number of aromatic carboxylic acids is 1. The Morgan fingerprint density at radius 1 is 1.09 bits per heavy atom. The number of ether oxygens (including phenoxy) is 1. The van der Waals surface area contributed by atoms with Gasteiger partial charge in [-0.3, -0.25) is 9.48 Å². The van der Waals surface area contributed by atoms with Crippen LogP contribution in [-0.2, 0) is 16.6 Å². The zero-order valence-corrected chi connectivity index (χ0v) is 19.9. The molecule has 2 aromatic carbocycles. The Balaban J connectivity index is 1.38. The average molecular weight is 477 g/mol. The van der Waals surface area contributed by atoms with Gasteiger partial charge in [-0.2, -0.15) is 5.10 Å². The lowest BCUT2D eigenvalue weighted by molar-refractivity contribution is -0.124. The van der Waals surface area contributed by atoms with E-state index in [9.17, 15) is 19.5 Å². The van der Waals surface area contributed by atoms with Gasteiger partial charge in [-0.25, -0.2) is 9.59 Å². The summed E-state index contributed by atoms with van der Waals surface area (Å²) in [6.45, 7) is 3.71. The molecule has 9 nitrogen and oxygen atoms in total. The molecule has 1 aliphatic rings. The number of alkyl carbamates (subject to hydrolysis) is 1. The number of carboxylic acids is 1. The predicted molar refractivity (Wildman–Crippen MR) is 130 cm³/mol. The van der Waals surface area contributed by atoms with Crippen molar-refractivity contribution in [1.82, 2.24) is 15.1 Å². The number of benzene rings is 2. The highest BCUT2D eigenvalue weighted by Crippen LogP contribution is 2.44. The second-order valence-electron chi connectivity index (χ2n) is 8.88. The van der Waals surface area contributed by atoms with Gasteiger partial charge in [0.05, 0.1) is 11.6 Å². The van der Waals surface area contributed by atoms with E-state index in [1.165, 1.54) is 10.9 Å². The zero-order valence-electron chi connectivity index (χ0n) is 19.9. The van der Waals surface area contributed by atoms with Crippen molar-refractivity contribution >= 4 is 23.8 Å². The van der Waals surface area contributed by atoms with Crippen molar-refractivity contribution in [2.45, 2.75) is 26.2 Å². The maximum atomic E-state index is 13.0. The smallest absolute Gasteiger partial charge is 0.407 e. The van der Waals surface area contributed by atoms with Gasteiger partial charge in [0.1, 0.15) is 18.0 Å². The van der Waals surface area contributed by atoms with Crippen LogP contribution >= 0.6 is 0 Å². The molecule has 1 atom stereocenters. The fourth-order valence-electron chi connectivity index (χ4n) is 4.28. The summed E-state index contributed by atoms with van der Waals surface area (Å²) in [6, 6.07) is 16.2. The second kappa shape index (κ2) is 9.61. The number of carbonyl (C=O) groups excluding carboxylic acids is 2. The van der Waals surface area contributed by atoms with Crippen LogP contribution in [0.2, 0.25) is 0 Å². The number of carbonyl (C=O) groups is 3. The summed E-state index contributed by atoms with van der Waals surface area (Å²) in [4.78, 5) is 37.0. The maximum Gasteiger partial charge on any atom is 0.407 e. The SMILES string of the molecule is CCC(C)(CNC(=O)OCC1c2ccccc2-c2ccccc21)C(=O)Nc1c(C(=O)O)cnn1C. The normalized spacial score (nSPS) is 13.9. The Hall–Kier alpha value is -4.14. The molecule has 1 aliphatic carbocycles. The van der Waals surface area contributed by atoms with Crippen LogP contribution in [0.25, 0.3) is 11.1 Å². The number of anilines is 1. The maximum absolute atomic E-state index is 13.0. The second-order valence-corrected chi connectivity index (χ2v) is 8.88. The van der Waals surface area contributed by atoms with Crippen molar-refractivity contribution in [3.05, 3.63) is 71.4 Å². The fourth-order valence-corrected chi connectivity index (χ4v) is 4.28. The molecule has 3 N–H and O–H groups in total. The van der Waals surface area contributed by atoms with Gasteiger partial charge < -0.3 is 20.5 Å². The molecule has 0 aliphatic heterocycles. The molecular weight excluding hydrogens is 448 g/mol. The van der Waals surface area contributed by atoms with Crippen LogP contribution in [0.3, 0.4) is 0 Å². The van der Waals surface area contributed by atoms with Gasteiger partial charge in [0.2, 0.25) is 5.91 Å². The molecule has 1 aromatic heterocycles. The Kier molecular flexibility index (Phi) is 6.59. The summed E-state index contributed by atoms with van der Waals surface area (Å²) in [5.41, 5.74) is 3.41. The van der Waals surface area contributed by atoms with Crippen LogP contribution in [0, 0.1) is 5.41 Å². The van der Waals surface area contributed by atoms with Crippen molar-refractivity contribution in [3.8, 4) is 11.1 Å². The average Bonchev–Trinajstić information content (AvgIpc) is 3.39. The molecule has 0 saturated heterocycles. The highest BCUT2D eigenvalue weighted by molar-refractivity contribution is 6.01. The molecule has 35 heavy (non-hydrogen) atoms. The van der Waals surface area contributed by atoms with E-state index in [-0.39, 0.29) is 30.5 Å². The van der Waals surface area contributed by atoms with Crippen LogP contribution in [0.1, 0.15) is 47.7 Å². The lowest BCUT2D eigenvalue weighted by Gasteiger charge is -2.27. The standard InChI is InChI=1S/C26H28N4O5/c1-4-26(2,24(33)29-22-20(23(31)32)13-28-30(22)3)15-27-25(34)35-14-21-18-11-7-5-9-16(18)17-10-6-8-12-19(17)21/h5-13,21H,4,14-15H2,1-3H3,(H,27,34)(H,29,33)(H,31,32). The van der Waals surface area contributed by atoms with Gasteiger partial charge in [0.15, 0.2) is 0 Å². The van der Waals surface area contributed by atoms with Gasteiger partial charge in [0.25, 0.3) is 0 Å². The van der Waals surface area contributed by atoms with Crippen LogP contribution in [0.4, 0.5) is 10.6 Å². The molecule has 3 aromatic rings. The number of nitrogens with zero attached hydrogens (tertiary/aromatic N) is 2. The summed E-state index contributed by atoms with van der Waals surface area (Å²) in [6.07, 6.45) is 0.963. The zero-order chi connectivity index (χ0) is 25.2. The molecule has 0 bridgehead atoms. The largest absolute Gasteiger partial charge is 0.477 e. The van der Waals surface area contributed by atoms with E-state index in [1.54, 1.807) is 14.0 Å². The molecule has 4 rings (SSSR count). The summed E-state index contributed by atoms with van der Waals surface area (Å²) >= 11 is 0. The Bertz CT molecular complexity index is 1240. The first-order valence-corrected chi connectivity index (χ1v) is 11.4. The van der Waals surface area contributed by atoms with Crippen LogP contribution in [0.5, 0.6) is 0 Å². The van der Waals surface area contributed by atoms with Gasteiger partial charge in [0, 0.05) is 19.5 Å². The van der Waals surface area contributed by atoms with Gasteiger partial charge >= 0.3 is 12.1 Å². The number of amides is 2. The number of aryl methyl sites for hydroxylation is 1. The van der Waals surface area contributed by atoms with Crippen LogP contribution in [-0.4, -0.2) is 46.0 Å². The number of rotatable bonds is 8. The molecule has 0 spiro atoms. The molecule has 1 unspecified atom stereocenters. The lowest BCUT2D eigenvalue weighted by atomic mass is 9.86. The molecule has 0 radical (unpaired) electrons. The third-order valence-electron chi connectivity index (χ3n) is 6.70. The van der Waals surface area contributed by atoms with Crippen molar-refractivity contribution < 1.29 is 24.2 Å². The van der Waals surface area contributed by atoms with Crippen LogP contribution in [0.15, 0.2) is 54.7 Å². The minimum atomic E-state index is -1.19. The van der Waals surface area contributed by atoms with Crippen LogP contribution < -0.4 is 10.6 Å². The third-order valence-corrected chi connectivity index (χ3v) is 6.70. The summed E-state index contributed by atoms with van der Waals surface area (Å²) in [5, 5.41) is 18.6. The van der Waals surface area contributed by atoms with Crippen molar-refractivity contribution in [2.75, 3.05) is 18.5 Å². The number of nitrogens with one attached hydrogen (secondary N) is 2. The number of aromatic nitrogens is 2. The van der Waals surface area contributed by atoms with E-state index in [4.69, 9.17) is 4.74 Å². The molecule has 0 saturated carbocycles. The Labute approximate surface area is 203 Å². The van der Waals surface area contributed by atoms with E-state index in [2.05, 4.69) is 27.9 Å². The molecule has 182 valence electrons. The molecule has 0 fully saturated rings. The van der Waals surface area contributed by atoms with E-state index in [0.717, 1.165) is 22.3 Å². The van der Waals surface area contributed by atoms with E-state index >= 15 is 0 Å². The summed E-state index contributed by atoms with van der Waals surface area (Å²) in [7, 11) is 1.54. The van der Waals surface area contributed by atoms with E-state index in [1.807, 2.05) is 43.3 Å². The number of carboxylic acid groups (broad SMARTS) is 1. The number of hydrogen-bond acceptors (Lipinski definition) is 5. The van der Waals surface area contributed by atoms with Crippen molar-refractivity contribution in [1.29, 1.82) is 0 Å². The summed E-state index contributed by atoms with van der Waals surface area (Å²) < 4.78 is 6.85. The van der Waals surface area contributed by atoms with Crippen molar-refractivity contribution in [3.63, 3.8) is 0 Å². The van der Waals surface area contributed by atoms with Gasteiger partial charge in [-0.05, 0) is 35.6 Å². The lowest BCUT2D eigenvalue weighted by Crippen LogP contribution is -2.44. The van der Waals surface area contributed by atoms with Gasteiger partial charge in [-0.1, -0.05) is 55.5 Å². The number of hydrogen-bond donors (Lipinski definition) is 3. The number of fused-ring (bicyclic) bond motifs is 3.